The Labute approximate surface area is 477 Å². The van der Waals surface area contributed by atoms with Crippen molar-refractivity contribution in [3.63, 3.8) is 0 Å². The van der Waals surface area contributed by atoms with E-state index < -0.39 is 0 Å². The second-order valence-corrected chi connectivity index (χ2v) is 21.8. The number of nitrogens with one attached hydrogen (secondary N) is 4. The maximum absolute atomic E-state index is 7.17. The summed E-state index contributed by atoms with van der Waals surface area (Å²) >= 11 is 42.0. The fourth-order valence-corrected chi connectivity index (χ4v) is 10.4. The lowest BCUT2D eigenvalue weighted by Crippen LogP contribution is -2.42. The summed E-state index contributed by atoms with van der Waals surface area (Å²) < 4.78 is 0. The first-order valence-corrected chi connectivity index (χ1v) is 27.8. The van der Waals surface area contributed by atoms with Crippen LogP contribution in [0.25, 0.3) is 0 Å². The molecule has 0 atom stereocenters. The van der Waals surface area contributed by atoms with E-state index in [9.17, 15) is 0 Å². The van der Waals surface area contributed by atoms with Gasteiger partial charge in [0.25, 0.3) is 0 Å². The monoisotopic (exact) mass is 1200 g/mol. The first-order chi connectivity index (χ1) is 33.3. The molecule has 0 fully saturated rings. The molecular formula is C48H57Cl8N11S4. The molecule has 7 rings (SSSR count). The molecule has 0 aromatic heterocycles. The normalized spacial score (nSPS) is 13.3. The van der Waals surface area contributed by atoms with Gasteiger partial charge in [-0.15, -0.1) is 24.8 Å². The van der Waals surface area contributed by atoms with Crippen LogP contribution in [-0.4, -0.2) is 76.8 Å². The summed E-state index contributed by atoms with van der Waals surface area (Å²) in [6, 6.07) is 33.7. The van der Waals surface area contributed by atoms with Gasteiger partial charge in [0.2, 0.25) is 0 Å². The number of benzene rings is 5. The van der Waals surface area contributed by atoms with Crippen molar-refractivity contribution >= 4 is 162 Å². The summed E-state index contributed by atoms with van der Waals surface area (Å²) in [7, 11) is 0. The van der Waals surface area contributed by atoms with Crippen molar-refractivity contribution in [2.75, 3.05) is 46.3 Å². The minimum atomic E-state index is 0. The quantitative estimate of drug-likeness (QED) is 0.0369. The summed E-state index contributed by atoms with van der Waals surface area (Å²) in [4.78, 5) is 14.1. The Morgan fingerprint density at radius 2 is 0.845 bits per heavy atom. The van der Waals surface area contributed by atoms with Crippen molar-refractivity contribution in [3.8, 4) is 0 Å². The van der Waals surface area contributed by atoms with Crippen molar-refractivity contribution in [1.82, 2.24) is 20.4 Å². The van der Waals surface area contributed by atoms with Crippen molar-refractivity contribution in [1.29, 1.82) is 10.8 Å². The maximum Gasteiger partial charge on any atom is 0.159 e. The van der Waals surface area contributed by atoms with Gasteiger partial charge in [-0.3, -0.25) is 20.6 Å². The van der Waals surface area contributed by atoms with Crippen LogP contribution in [0.15, 0.2) is 113 Å². The third kappa shape index (κ3) is 23.3. The standard InChI is InChI=1S/C30H32Cl4N6S2.C10H14N4S2.C8H9Cl2N.2ClH/c31-25-7-5-21(13-27(25)33)9-11-39-17-35-29(36-18-39)41-15-23-3-1-2-4-24(23)16-42-30-37-19-40(20-38-30)12-10-22-6-8-26(32)28(34)14-22;11-9(12)15-5-7-3-1-2-4-8(7)6-16-10(13)14;9-7-2-1-6(3-4-11)5-8(7)10;;/h1-8,13-14H,9-12,15-20H2,(H,35,36)(H,37,38);1-4H,5-6H2,(H3,11,12)(H3,13,14);1-2,5H,3-4,11H2;2*1H. The molecule has 0 spiro atoms. The fraction of sp³-hybridized carbons (Fsp3) is 0.292. The maximum atomic E-state index is 7.17. The summed E-state index contributed by atoms with van der Waals surface area (Å²) in [6.07, 6.45) is 2.65. The van der Waals surface area contributed by atoms with Gasteiger partial charge in [-0.1, -0.05) is 183 Å². The Hall–Kier alpha value is -2.42. The molecule has 23 heteroatoms. The minimum Gasteiger partial charge on any atom is -0.379 e. The molecule has 2 aliphatic rings. The predicted molar refractivity (Wildman–Crippen MR) is 320 cm³/mol. The van der Waals surface area contributed by atoms with Crippen LogP contribution < -0.4 is 27.8 Å². The lowest BCUT2D eigenvalue weighted by molar-refractivity contribution is 0.270. The number of thioether (sulfide) groups is 4. The molecule has 0 saturated heterocycles. The summed E-state index contributed by atoms with van der Waals surface area (Å²) in [5.41, 5.74) is 24.4. The lowest BCUT2D eigenvalue weighted by atomic mass is 10.1. The minimum absolute atomic E-state index is 0. The van der Waals surface area contributed by atoms with Crippen LogP contribution in [0.2, 0.25) is 30.1 Å². The van der Waals surface area contributed by atoms with Crippen LogP contribution in [0.4, 0.5) is 0 Å². The molecule has 2 aliphatic heterocycles. The van der Waals surface area contributed by atoms with E-state index in [0.717, 1.165) is 84.2 Å². The highest BCUT2D eigenvalue weighted by molar-refractivity contribution is 8.14. The van der Waals surface area contributed by atoms with Crippen LogP contribution in [0.1, 0.15) is 38.9 Å². The van der Waals surface area contributed by atoms with E-state index in [-0.39, 0.29) is 35.1 Å². The Morgan fingerprint density at radius 1 is 0.507 bits per heavy atom. The van der Waals surface area contributed by atoms with Gasteiger partial charge in [-0.05, 0) is 101 Å². The van der Waals surface area contributed by atoms with Crippen LogP contribution in [-0.2, 0) is 42.3 Å². The van der Waals surface area contributed by atoms with Crippen LogP contribution in [0, 0.1) is 10.8 Å². The highest BCUT2D eigenvalue weighted by atomic mass is 35.5. The number of hydrogen-bond donors (Lipinski definition) is 7. The first-order valence-electron chi connectivity index (χ1n) is 21.6. The molecule has 2 heterocycles. The second-order valence-electron chi connectivity index (χ2n) is 15.4. The van der Waals surface area contributed by atoms with Gasteiger partial charge >= 0.3 is 0 Å². The first kappa shape index (κ1) is 62.9. The third-order valence-electron chi connectivity index (χ3n) is 10.3. The highest BCUT2D eigenvalue weighted by Crippen LogP contribution is 2.27. The molecule has 71 heavy (non-hydrogen) atoms. The van der Waals surface area contributed by atoms with Crippen LogP contribution in [0.3, 0.4) is 0 Å². The third-order valence-corrected chi connectivity index (χ3v) is 16.0. The van der Waals surface area contributed by atoms with Crippen molar-refractivity contribution in [2.45, 2.75) is 42.3 Å². The summed E-state index contributed by atoms with van der Waals surface area (Å²) in [6.45, 7) is 5.37. The predicted octanol–water partition coefficient (Wildman–Crippen LogP) is 12.9. The van der Waals surface area contributed by atoms with Gasteiger partial charge in [-0.25, -0.2) is 9.98 Å². The number of aliphatic imine (C=N–C) groups is 2. The SMILES string of the molecule is Cl.Cl.Clc1ccc(CCN2CN=C(SCc3ccccc3CSC3=NCN(CCc4ccc(Cl)c(Cl)c4)CN3)NC2)cc1Cl.N=C(N)SCc1ccccc1CSC(=N)N.NCCc1ccc(Cl)c(Cl)c1. The van der Waals surface area contributed by atoms with E-state index >= 15 is 0 Å². The number of rotatable bonds is 16. The van der Waals surface area contributed by atoms with Gasteiger partial charge in [0, 0.05) is 36.1 Å². The smallest absolute Gasteiger partial charge is 0.159 e. The van der Waals surface area contributed by atoms with Gasteiger partial charge < -0.3 is 27.8 Å². The number of nitrogens with zero attached hydrogens (tertiary/aromatic N) is 4. The van der Waals surface area contributed by atoms with E-state index in [1.807, 2.05) is 72.8 Å². The van der Waals surface area contributed by atoms with E-state index in [1.165, 1.54) is 45.8 Å². The summed E-state index contributed by atoms with van der Waals surface area (Å²) in [5.74, 6) is 3.11. The van der Waals surface area contributed by atoms with Crippen LogP contribution >= 0.6 is 141 Å². The molecular weight excluding hydrogens is 1140 g/mol. The zero-order chi connectivity index (χ0) is 49.5. The zero-order valence-corrected chi connectivity index (χ0v) is 47.9. The fourth-order valence-electron chi connectivity index (χ4n) is 6.50. The van der Waals surface area contributed by atoms with Crippen molar-refractivity contribution in [3.05, 3.63) is 172 Å². The number of halogens is 8. The largest absolute Gasteiger partial charge is 0.379 e. The van der Waals surface area contributed by atoms with Crippen molar-refractivity contribution in [2.24, 2.45) is 27.2 Å². The molecule has 0 aliphatic carbocycles. The van der Waals surface area contributed by atoms with Gasteiger partial charge in [-0.2, -0.15) is 0 Å². The van der Waals surface area contributed by atoms with E-state index in [2.05, 4.69) is 44.7 Å². The Bertz CT molecular complexity index is 2400. The average molecular weight is 1200 g/mol. The molecule has 384 valence electrons. The molecule has 5 aromatic rings. The highest BCUT2D eigenvalue weighted by Gasteiger charge is 2.16. The second kappa shape index (κ2) is 34.2. The Balaban J connectivity index is 0.000000376. The van der Waals surface area contributed by atoms with Crippen molar-refractivity contribution < 1.29 is 0 Å². The average Bonchev–Trinajstić information content (AvgIpc) is 3.35. The number of nitrogens with two attached hydrogens (primary N) is 3. The van der Waals surface area contributed by atoms with E-state index in [1.54, 1.807) is 29.6 Å². The van der Waals surface area contributed by atoms with Gasteiger partial charge in [0.1, 0.15) is 0 Å². The van der Waals surface area contributed by atoms with Crippen LogP contribution in [0.5, 0.6) is 0 Å². The zero-order valence-electron chi connectivity index (χ0n) is 38.5. The molecule has 5 aromatic carbocycles. The number of amidine groups is 4. The van der Waals surface area contributed by atoms with Gasteiger partial charge in [0.05, 0.1) is 56.8 Å². The van der Waals surface area contributed by atoms with E-state index in [0.29, 0.717) is 61.5 Å². The molecule has 0 radical (unpaired) electrons. The molecule has 0 bridgehead atoms. The molecule has 11 nitrogen and oxygen atoms in total. The number of hydrogen-bond acceptors (Lipinski definition) is 13. The molecule has 10 N–H and O–H groups in total. The molecule has 0 amide bonds. The van der Waals surface area contributed by atoms with E-state index in [4.69, 9.17) is 108 Å². The van der Waals surface area contributed by atoms with Gasteiger partial charge in [0.15, 0.2) is 20.7 Å². The molecule has 0 saturated carbocycles. The molecule has 0 unspecified atom stereocenters. The Kier molecular flexibility index (Phi) is 30.3. The summed E-state index contributed by atoms with van der Waals surface area (Å²) in [5, 5.41) is 27.1. The Morgan fingerprint density at radius 3 is 1.14 bits per heavy atom. The lowest BCUT2D eigenvalue weighted by Gasteiger charge is -2.27. The topological polar surface area (TPSA) is 181 Å².